The van der Waals surface area contributed by atoms with Gasteiger partial charge in [0.2, 0.25) is 0 Å². The van der Waals surface area contributed by atoms with Gasteiger partial charge < -0.3 is 14.2 Å². The molecule has 6 nitrogen and oxygen atoms in total. The van der Waals surface area contributed by atoms with Crippen LogP contribution >= 0.6 is 0 Å². The second-order valence-electron chi connectivity index (χ2n) is 8.81. The SMILES string of the molecule is C=CC(=O)OC(=C)/C=C\C(=C)c1ccc(C#Cc2ccc(-c3ccc(OC(=O)C=C)cc3)c(OC(=O)C(=C)C)c2)cc1. The number of benzene rings is 3. The van der Waals surface area contributed by atoms with Gasteiger partial charge in [-0.3, -0.25) is 0 Å². The highest BCUT2D eigenvalue weighted by atomic mass is 16.5. The lowest BCUT2D eigenvalue weighted by molar-refractivity contribution is -0.133. The molecule has 3 aromatic carbocycles. The zero-order valence-electron chi connectivity index (χ0n) is 23.1. The monoisotopic (exact) mass is 556 g/mol. The van der Waals surface area contributed by atoms with Crippen LogP contribution in [0.3, 0.4) is 0 Å². The summed E-state index contributed by atoms with van der Waals surface area (Å²) in [6, 6.07) is 19.5. The third-order valence-electron chi connectivity index (χ3n) is 5.56. The summed E-state index contributed by atoms with van der Waals surface area (Å²) in [5, 5.41) is 0. The van der Waals surface area contributed by atoms with Gasteiger partial charge in [-0.05, 0) is 72.2 Å². The van der Waals surface area contributed by atoms with Crippen LogP contribution in [0, 0.1) is 11.8 Å². The first-order chi connectivity index (χ1) is 20.1. The molecular formula is C36H28O6. The minimum absolute atomic E-state index is 0.175. The Kier molecular flexibility index (Phi) is 10.5. The molecule has 0 fully saturated rings. The van der Waals surface area contributed by atoms with E-state index in [0.717, 1.165) is 28.8 Å². The van der Waals surface area contributed by atoms with E-state index in [1.54, 1.807) is 55.5 Å². The lowest BCUT2D eigenvalue weighted by Gasteiger charge is -2.12. The van der Waals surface area contributed by atoms with Crippen LogP contribution < -0.4 is 9.47 Å². The molecule has 6 heteroatoms. The number of rotatable bonds is 10. The second kappa shape index (κ2) is 14.5. The van der Waals surface area contributed by atoms with E-state index in [1.807, 2.05) is 30.3 Å². The standard InChI is InChI=1S/C36H28O6/c1-7-34(37)40-26(6)10-9-25(5)29-16-13-27(14-17-29)11-12-28-15-22-32(33(23-28)42-36(39)24(3)4)30-18-20-31(21-19-30)41-35(38)8-2/h7-10,13-23H,1-3,5-6H2,4H3/b10-9-. The summed E-state index contributed by atoms with van der Waals surface area (Å²) >= 11 is 0. The van der Waals surface area contributed by atoms with E-state index in [9.17, 15) is 14.4 Å². The molecule has 0 amide bonds. The van der Waals surface area contributed by atoms with Crippen LogP contribution in [-0.2, 0) is 19.1 Å². The van der Waals surface area contributed by atoms with E-state index in [2.05, 4.69) is 44.7 Å². The van der Waals surface area contributed by atoms with Crippen LogP contribution in [0.5, 0.6) is 11.5 Å². The van der Waals surface area contributed by atoms with Crippen molar-refractivity contribution >= 4 is 23.5 Å². The van der Waals surface area contributed by atoms with Crippen molar-refractivity contribution in [2.24, 2.45) is 0 Å². The van der Waals surface area contributed by atoms with E-state index < -0.39 is 17.9 Å². The zero-order chi connectivity index (χ0) is 30.6. The van der Waals surface area contributed by atoms with Crippen LogP contribution in [-0.4, -0.2) is 17.9 Å². The topological polar surface area (TPSA) is 78.9 Å². The Balaban J connectivity index is 1.81. The minimum atomic E-state index is -0.587. The maximum atomic E-state index is 12.4. The van der Waals surface area contributed by atoms with Crippen LogP contribution in [0.15, 0.2) is 135 Å². The van der Waals surface area contributed by atoms with Crippen molar-refractivity contribution in [1.29, 1.82) is 0 Å². The quantitative estimate of drug-likeness (QED) is 0.0660. The highest BCUT2D eigenvalue weighted by molar-refractivity contribution is 5.90. The van der Waals surface area contributed by atoms with Crippen molar-refractivity contribution in [1.82, 2.24) is 0 Å². The lowest BCUT2D eigenvalue weighted by atomic mass is 10.0. The van der Waals surface area contributed by atoms with E-state index in [-0.39, 0.29) is 11.3 Å². The van der Waals surface area contributed by atoms with Crippen molar-refractivity contribution in [3.05, 3.63) is 152 Å². The second-order valence-corrected chi connectivity index (χ2v) is 8.81. The molecule has 0 aliphatic heterocycles. The Hall–Kier alpha value is -5.93. The van der Waals surface area contributed by atoms with Gasteiger partial charge in [0.25, 0.3) is 0 Å². The first-order valence-corrected chi connectivity index (χ1v) is 12.6. The Morgan fingerprint density at radius 2 is 1.36 bits per heavy atom. The van der Waals surface area contributed by atoms with Crippen molar-refractivity contribution in [2.75, 3.05) is 0 Å². The zero-order valence-corrected chi connectivity index (χ0v) is 23.1. The van der Waals surface area contributed by atoms with Crippen molar-refractivity contribution in [2.45, 2.75) is 6.92 Å². The normalized spacial score (nSPS) is 10.0. The van der Waals surface area contributed by atoms with Gasteiger partial charge in [0.15, 0.2) is 0 Å². The Morgan fingerprint density at radius 1 is 0.738 bits per heavy atom. The Morgan fingerprint density at radius 3 is 1.98 bits per heavy atom. The number of hydrogen-bond donors (Lipinski definition) is 0. The van der Waals surface area contributed by atoms with Crippen molar-refractivity contribution in [3.63, 3.8) is 0 Å². The number of hydrogen-bond acceptors (Lipinski definition) is 6. The maximum absolute atomic E-state index is 12.4. The predicted octanol–water partition coefficient (Wildman–Crippen LogP) is 7.14. The molecule has 0 aliphatic rings. The summed E-state index contributed by atoms with van der Waals surface area (Å²) in [4.78, 5) is 35.1. The summed E-state index contributed by atoms with van der Waals surface area (Å²) in [6.45, 7) is 19.6. The van der Waals surface area contributed by atoms with Gasteiger partial charge in [0.1, 0.15) is 17.3 Å². The molecule has 3 rings (SSSR count). The van der Waals surface area contributed by atoms with E-state index >= 15 is 0 Å². The van der Waals surface area contributed by atoms with E-state index in [4.69, 9.17) is 14.2 Å². The summed E-state index contributed by atoms with van der Waals surface area (Å²) in [7, 11) is 0. The van der Waals surface area contributed by atoms with Gasteiger partial charge >= 0.3 is 17.9 Å². The fourth-order valence-electron chi connectivity index (χ4n) is 3.38. The smallest absolute Gasteiger partial charge is 0.338 e. The first kappa shape index (κ1) is 30.6. The molecule has 0 N–H and O–H groups in total. The first-order valence-electron chi connectivity index (χ1n) is 12.6. The molecular weight excluding hydrogens is 528 g/mol. The van der Waals surface area contributed by atoms with Crippen LogP contribution in [0.1, 0.15) is 23.6 Å². The molecule has 0 aromatic heterocycles. The maximum Gasteiger partial charge on any atom is 0.338 e. The Bertz CT molecular complexity index is 1670. The van der Waals surface area contributed by atoms with Gasteiger partial charge in [0, 0.05) is 34.4 Å². The summed E-state index contributed by atoms with van der Waals surface area (Å²) < 4.78 is 15.7. The molecule has 0 radical (unpaired) electrons. The third-order valence-corrected chi connectivity index (χ3v) is 5.56. The Labute approximate surface area is 245 Å². The average Bonchev–Trinajstić information content (AvgIpc) is 2.99. The lowest BCUT2D eigenvalue weighted by Crippen LogP contribution is -2.09. The molecule has 42 heavy (non-hydrogen) atoms. The molecule has 208 valence electrons. The van der Waals surface area contributed by atoms with Gasteiger partial charge in [-0.2, -0.15) is 0 Å². The summed E-state index contributed by atoms with van der Waals surface area (Å²) in [5.74, 6) is 5.33. The highest BCUT2D eigenvalue weighted by Gasteiger charge is 2.13. The third kappa shape index (κ3) is 8.80. The van der Waals surface area contributed by atoms with Crippen LogP contribution in [0.2, 0.25) is 0 Å². The van der Waals surface area contributed by atoms with Crippen molar-refractivity contribution in [3.8, 4) is 34.5 Å². The number of carbonyl (C=O) groups is 3. The molecule has 0 aliphatic carbocycles. The van der Waals surface area contributed by atoms with Crippen LogP contribution in [0.4, 0.5) is 0 Å². The van der Waals surface area contributed by atoms with Gasteiger partial charge in [-0.15, -0.1) is 0 Å². The largest absolute Gasteiger partial charge is 0.424 e. The fraction of sp³-hybridized carbons (Fsp3) is 0.0278. The summed E-state index contributed by atoms with van der Waals surface area (Å²) in [5.41, 5.74) is 4.57. The molecule has 0 heterocycles. The van der Waals surface area contributed by atoms with Gasteiger partial charge in [-0.25, -0.2) is 14.4 Å². The van der Waals surface area contributed by atoms with Gasteiger partial charge in [-0.1, -0.05) is 75.1 Å². The van der Waals surface area contributed by atoms with Crippen LogP contribution in [0.25, 0.3) is 16.7 Å². The van der Waals surface area contributed by atoms with Gasteiger partial charge in [0.05, 0.1) is 0 Å². The van der Waals surface area contributed by atoms with E-state index in [1.165, 1.54) is 0 Å². The predicted molar refractivity (Wildman–Crippen MR) is 164 cm³/mol. The fourth-order valence-corrected chi connectivity index (χ4v) is 3.38. The van der Waals surface area contributed by atoms with Crippen molar-refractivity contribution < 1.29 is 28.6 Å². The number of carbonyl (C=O) groups excluding carboxylic acids is 3. The molecule has 0 unspecified atom stereocenters. The molecule has 0 spiro atoms. The molecule has 3 aromatic rings. The minimum Gasteiger partial charge on any atom is -0.424 e. The highest BCUT2D eigenvalue weighted by Crippen LogP contribution is 2.32. The van der Waals surface area contributed by atoms with E-state index in [0.29, 0.717) is 28.2 Å². The summed E-state index contributed by atoms with van der Waals surface area (Å²) in [6.07, 6.45) is 5.38. The number of esters is 3. The molecule has 0 bridgehead atoms. The molecule has 0 atom stereocenters. The average molecular weight is 557 g/mol. The number of allylic oxidation sites excluding steroid dienone is 3. The molecule has 0 saturated carbocycles. The molecule has 0 saturated heterocycles. The number of ether oxygens (including phenoxy) is 3.